The Morgan fingerprint density at radius 3 is 2.48 bits per heavy atom. The smallest absolute Gasteiger partial charge is 0.223 e. The van der Waals surface area contributed by atoms with Gasteiger partial charge in [-0.3, -0.25) is 4.79 Å². The Kier molecular flexibility index (Phi) is 5.54. The van der Waals surface area contributed by atoms with Gasteiger partial charge in [0.05, 0.1) is 5.56 Å². The molecule has 1 saturated heterocycles. The number of piperazine rings is 1. The van der Waals surface area contributed by atoms with Gasteiger partial charge in [0.15, 0.2) is 5.75 Å². The highest BCUT2D eigenvalue weighted by Gasteiger charge is 2.32. The highest BCUT2D eigenvalue weighted by atomic mass is 16.5. The lowest BCUT2D eigenvalue weighted by atomic mass is 9.91. The molecule has 1 unspecified atom stereocenters. The number of hydrogen-bond acceptors (Lipinski definition) is 4. The zero-order valence-corrected chi connectivity index (χ0v) is 19.5. The fourth-order valence-electron chi connectivity index (χ4n) is 4.31. The summed E-state index contributed by atoms with van der Waals surface area (Å²) in [6, 6.07) is 12.5. The monoisotopic (exact) mass is 419 g/mol. The standard InChI is InChI=1S/C26H33N3O2/c1-17-8-10-22-20(13-17)25(27-21-9-7-18(2)14-23(21)31-22)28-11-12-29(19(3)16-28)24(30)15-26(4,5)6/h7-10,13-14,19H,11-12,15-16H2,1-6H3. The molecule has 1 fully saturated rings. The summed E-state index contributed by atoms with van der Waals surface area (Å²) in [4.78, 5) is 22.3. The lowest BCUT2D eigenvalue weighted by Gasteiger charge is -2.42. The van der Waals surface area contributed by atoms with Crippen molar-refractivity contribution in [1.29, 1.82) is 0 Å². The van der Waals surface area contributed by atoms with E-state index in [1.807, 2.05) is 23.1 Å². The van der Waals surface area contributed by atoms with Crippen molar-refractivity contribution in [1.82, 2.24) is 9.80 Å². The van der Waals surface area contributed by atoms with E-state index in [0.29, 0.717) is 13.0 Å². The molecule has 1 amide bonds. The van der Waals surface area contributed by atoms with Gasteiger partial charge in [-0.25, -0.2) is 4.99 Å². The maximum absolute atomic E-state index is 12.9. The number of hydrogen-bond donors (Lipinski definition) is 0. The first-order chi connectivity index (χ1) is 14.6. The van der Waals surface area contributed by atoms with Crippen molar-refractivity contribution in [3.8, 4) is 11.5 Å². The molecule has 0 aliphatic carbocycles. The molecule has 2 aliphatic heterocycles. The average Bonchev–Trinajstić information content (AvgIpc) is 2.82. The van der Waals surface area contributed by atoms with Crippen LogP contribution in [0.3, 0.4) is 0 Å². The summed E-state index contributed by atoms with van der Waals surface area (Å²) in [5.41, 5.74) is 4.16. The van der Waals surface area contributed by atoms with Gasteiger partial charge >= 0.3 is 0 Å². The first kappa shape index (κ1) is 21.4. The number of aliphatic imine (C=N–C) groups is 1. The van der Waals surface area contributed by atoms with Gasteiger partial charge in [-0.2, -0.15) is 0 Å². The molecule has 164 valence electrons. The molecular weight excluding hydrogens is 386 g/mol. The van der Waals surface area contributed by atoms with Crippen molar-refractivity contribution < 1.29 is 9.53 Å². The van der Waals surface area contributed by atoms with Gasteiger partial charge in [0.1, 0.15) is 17.3 Å². The molecule has 1 atom stereocenters. The van der Waals surface area contributed by atoms with Gasteiger partial charge in [-0.05, 0) is 56.0 Å². The Labute approximate surface area is 185 Å². The van der Waals surface area contributed by atoms with Crippen LogP contribution in [-0.2, 0) is 4.79 Å². The van der Waals surface area contributed by atoms with Gasteiger partial charge in [0, 0.05) is 32.1 Å². The van der Waals surface area contributed by atoms with Crippen molar-refractivity contribution in [2.75, 3.05) is 19.6 Å². The minimum absolute atomic E-state index is 0.00500. The first-order valence-corrected chi connectivity index (χ1v) is 11.1. The largest absolute Gasteiger partial charge is 0.454 e. The number of benzene rings is 2. The van der Waals surface area contributed by atoms with Crippen LogP contribution in [0.25, 0.3) is 0 Å². The summed E-state index contributed by atoms with van der Waals surface area (Å²) in [5.74, 6) is 2.78. The van der Waals surface area contributed by atoms with Crippen LogP contribution in [0.2, 0.25) is 0 Å². The van der Waals surface area contributed by atoms with Crippen LogP contribution in [-0.4, -0.2) is 47.2 Å². The summed E-state index contributed by atoms with van der Waals surface area (Å²) in [6.07, 6.45) is 0.570. The van der Waals surface area contributed by atoms with E-state index < -0.39 is 0 Å². The molecule has 4 rings (SSSR count). The van der Waals surface area contributed by atoms with E-state index in [9.17, 15) is 4.79 Å². The maximum atomic E-state index is 12.9. The van der Waals surface area contributed by atoms with Crippen molar-refractivity contribution >= 4 is 17.4 Å². The molecule has 5 heteroatoms. The maximum Gasteiger partial charge on any atom is 0.223 e. The summed E-state index contributed by atoms with van der Waals surface area (Å²) < 4.78 is 6.29. The predicted molar refractivity (Wildman–Crippen MR) is 125 cm³/mol. The van der Waals surface area contributed by atoms with Gasteiger partial charge in [0.25, 0.3) is 0 Å². The Bertz CT molecular complexity index is 1040. The second-order valence-electron chi connectivity index (χ2n) is 10.1. The van der Waals surface area contributed by atoms with Crippen LogP contribution < -0.4 is 4.74 Å². The van der Waals surface area contributed by atoms with Crippen molar-refractivity contribution in [3.05, 3.63) is 53.1 Å². The van der Waals surface area contributed by atoms with E-state index in [1.165, 1.54) is 5.56 Å². The average molecular weight is 420 g/mol. The molecule has 5 nitrogen and oxygen atoms in total. The Morgan fingerprint density at radius 2 is 1.77 bits per heavy atom. The second-order valence-corrected chi connectivity index (χ2v) is 10.1. The third kappa shape index (κ3) is 4.60. The van der Waals surface area contributed by atoms with Gasteiger partial charge in [-0.1, -0.05) is 38.5 Å². The van der Waals surface area contributed by atoms with Gasteiger partial charge in [-0.15, -0.1) is 0 Å². The van der Waals surface area contributed by atoms with Gasteiger partial charge in [0.2, 0.25) is 5.91 Å². The minimum atomic E-state index is -0.00500. The summed E-state index contributed by atoms with van der Waals surface area (Å²) >= 11 is 0. The Morgan fingerprint density at radius 1 is 1.06 bits per heavy atom. The van der Waals surface area contributed by atoms with Crippen LogP contribution in [0.1, 0.15) is 50.8 Å². The molecule has 0 aromatic heterocycles. The quantitative estimate of drug-likeness (QED) is 0.617. The number of nitrogens with zero attached hydrogens (tertiary/aromatic N) is 3. The van der Waals surface area contributed by atoms with Crippen molar-refractivity contribution in [2.24, 2.45) is 10.4 Å². The number of aryl methyl sites for hydroxylation is 2. The van der Waals surface area contributed by atoms with E-state index >= 15 is 0 Å². The minimum Gasteiger partial charge on any atom is -0.454 e. The van der Waals surface area contributed by atoms with Crippen molar-refractivity contribution in [2.45, 2.75) is 54.0 Å². The van der Waals surface area contributed by atoms with Gasteiger partial charge < -0.3 is 14.5 Å². The molecule has 0 saturated carbocycles. The molecule has 0 radical (unpaired) electrons. The molecular formula is C26H33N3O2. The number of amidine groups is 1. The zero-order chi connectivity index (χ0) is 22.3. The van der Waals surface area contributed by atoms with Crippen LogP contribution in [0.15, 0.2) is 41.4 Å². The van der Waals surface area contributed by atoms with E-state index in [-0.39, 0.29) is 17.4 Å². The zero-order valence-electron chi connectivity index (χ0n) is 19.5. The Balaban J connectivity index is 1.66. The van der Waals surface area contributed by atoms with Crippen LogP contribution in [0, 0.1) is 19.3 Å². The van der Waals surface area contributed by atoms with Crippen LogP contribution in [0.5, 0.6) is 11.5 Å². The number of amides is 1. The molecule has 2 heterocycles. The Hall–Kier alpha value is -2.82. The molecule has 2 aromatic rings. The van der Waals surface area contributed by atoms with E-state index in [4.69, 9.17) is 9.73 Å². The molecule has 2 aromatic carbocycles. The molecule has 0 N–H and O–H groups in total. The number of ether oxygens (including phenoxy) is 1. The summed E-state index contributed by atoms with van der Waals surface area (Å²) in [5, 5.41) is 0. The normalized spacial score (nSPS) is 18.5. The fourth-order valence-corrected chi connectivity index (χ4v) is 4.31. The molecule has 2 aliphatic rings. The molecule has 31 heavy (non-hydrogen) atoms. The molecule has 0 spiro atoms. The second kappa shape index (κ2) is 8.03. The third-order valence-electron chi connectivity index (χ3n) is 5.87. The fraction of sp³-hybridized carbons (Fsp3) is 0.462. The summed E-state index contributed by atoms with van der Waals surface area (Å²) in [7, 11) is 0. The SMILES string of the molecule is Cc1ccc2c(c1)Oc1ccc(C)cc1C(N1CCN(C(=O)CC(C)(C)C)C(C)C1)=N2. The number of carbonyl (C=O) groups excluding carboxylic acids is 1. The van der Waals surface area contributed by atoms with E-state index in [1.54, 1.807) is 0 Å². The van der Waals surface area contributed by atoms with Crippen molar-refractivity contribution in [3.63, 3.8) is 0 Å². The van der Waals surface area contributed by atoms with E-state index in [2.05, 4.69) is 64.6 Å². The van der Waals surface area contributed by atoms with Crippen LogP contribution >= 0.6 is 0 Å². The number of rotatable bonds is 1. The highest BCUT2D eigenvalue weighted by molar-refractivity contribution is 6.04. The lowest BCUT2D eigenvalue weighted by molar-refractivity contribution is -0.136. The first-order valence-electron chi connectivity index (χ1n) is 11.1. The number of fused-ring (bicyclic) bond motifs is 2. The highest BCUT2D eigenvalue weighted by Crippen LogP contribution is 2.39. The molecule has 0 bridgehead atoms. The van der Waals surface area contributed by atoms with E-state index in [0.717, 1.165) is 47.2 Å². The number of carbonyl (C=O) groups is 1. The summed E-state index contributed by atoms with van der Waals surface area (Å²) in [6.45, 7) is 14.8. The topological polar surface area (TPSA) is 45.1 Å². The third-order valence-corrected chi connectivity index (χ3v) is 5.87. The lowest BCUT2D eigenvalue weighted by Crippen LogP contribution is -2.56. The predicted octanol–water partition coefficient (Wildman–Crippen LogP) is 5.46. The van der Waals surface area contributed by atoms with Crippen LogP contribution in [0.4, 0.5) is 5.69 Å².